The van der Waals surface area contributed by atoms with Gasteiger partial charge in [-0.05, 0) is 38.3 Å². The van der Waals surface area contributed by atoms with E-state index in [0.29, 0.717) is 0 Å². The lowest BCUT2D eigenvalue weighted by molar-refractivity contribution is 0.110. The topological polar surface area (TPSA) is 69.0 Å². The number of para-hydroxylation sites is 1. The first-order valence-electron chi connectivity index (χ1n) is 6.97. The smallest absolute Gasteiger partial charge is 0.270 e. The predicted molar refractivity (Wildman–Crippen MR) is 81.6 cm³/mol. The van der Waals surface area contributed by atoms with Crippen molar-refractivity contribution < 1.29 is 4.84 Å². The molecule has 1 N–H and O–H groups in total. The molecule has 2 rings (SSSR count). The molecule has 21 heavy (non-hydrogen) atoms. The molecule has 0 fully saturated rings. The highest BCUT2D eigenvalue weighted by Gasteiger charge is 2.09. The minimum Gasteiger partial charge on any atom is -0.270 e. The van der Waals surface area contributed by atoms with Gasteiger partial charge in [-0.2, -0.15) is 4.98 Å². The predicted octanol–water partition coefficient (Wildman–Crippen LogP) is 2.39. The van der Waals surface area contributed by atoms with Crippen LogP contribution in [0.4, 0.5) is 5.95 Å². The third-order valence-electron chi connectivity index (χ3n) is 3.31. The van der Waals surface area contributed by atoms with E-state index in [1.54, 1.807) is 0 Å². The van der Waals surface area contributed by atoms with Crippen molar-refractivity contribution in [2.45, 2.75) is 40.2 Å². The van der Waals surface area contributed by atoms with Crippen LogP contribution in [-0.2, 0) is 4.84 Å². The minimum atomic E-state index is -0.391. The maximum atomic E-state index is 12.2. The van der Waals surface area contributed by atoms with E-state index in [2.05, 4.69) is 15.4 Å². The summed E-state index contributed by atoms with van der Waals surface area (Å²) in [5.41, 5.74) is 5.03. The Morgan fingerprint density at radius 3 is 2.57 bits per heavy atom. The largest absolute Gasteiger partial charge is 0.356 e. The van der Waals surface area contributed by atoms with Gasteiger partial charge in [0.2, 0.25) is 0 Å². The molecule has 0 radical (unpaired) electrons. The van der Waals surface area contributed by atoms with Crippen LogP contribution in [0.3, 0.4) is 0 Å². The molecule has 0 aliphatic rings. The van der Waals surface area contributed by atoms with Crippen molar-refractivity contribution in [3.05, 3.63) is 46.1 Å². The average molecular weight is 288 g/mol. The molecule has 0 saturated carbocycles. The van der Waals surface area contributed by atoms with Crippen LogP contribution in [0.2, 0.25) is 0 Å². The summed E-state index contributed by atoms with van der Waals surface area (Å²) < 4.78 is 1.44. The summed E-state index contributed by atoms with van der Waals surface area (Å²) in [6.45, 7) is 7.83. The summed E-state index contributed by atoms with van der Waals surface area (Å²) in [4.78, 5) is 25.5. The molecule has 2 aromatic rings. The third kappa shape index (κ3) is 3.46. The standard InChI is InChI=1S/C15H20N4O2/c1-5-12(4)21-18-14-16-9-19(15(20)17-14)13-10(2)7-6-8-11(13)3/h6-9,12H,5H2,1-4H3,(H,17,18,20). The van der Waals surface area contributed by atoms with Gasteiger partial charge < -0.3 is 0 Å². The first kappa shape index (κ1) is 15.2. The Morgan fingerprint density at radius 1 is 1.33 bits per heavy atom. The quantitative estimate of drug-likeness (QED) is 0.855. The molecular weight excluding hydrogens is 268 g/mol. The highest BCUT2D eigenvalue weighted by molar-refractivity contribution is 5.46. The Balaban J connectivity index is 2.30. The normalized spacial score (nSPS) is 12.2. The van der Waals surface area contributed by atoms with E-state index in [0.717, 1.165) is 23.2 Å². The minimum absolute atomic E-state index is 0.0228. The van der Waals surface area contributed by atoms with Crippen LogP contribution in [0.25, 0.3) is 5.69 Å². The lowest BCUT2D eigenvalue weighted by Gasteiger charge is -2.13. The summed E-state index contributed by atoms with van der Waals surface area (Å²) in [5, 5.41) is 0. The van der Waals surface area contributed by atoms with Crippen molar-refractivity contribution in [2.75, 3.05) is 5.48 Å². The van der Waals surface area contributed by atoms with Crippen LogP contribution in [0.5, 0.6) is 0 Å². The van der Waals surface area contributed by atoms with E-state index >= 15 is 0 Å². The van der Waals surface area contributed by atoms with Crippen LogP contribution < -0.4 is 11.2 Å². The second-order valence-electron chi connectivity index (χ2n) is 5.01. The van der Waals surface area contributed by atoms with Crippen LogP contribution in [0, 0.1) is 13.8 Å². The Hall–Kier alpha value is -2.21. The maximum absolute atomic E-state index is 12.2. The molecule has 1 aromatic carbocycles. The number of anilines is 1. The summed E-state index contributed by atoms with van der Waals surface area (Å²) in [6.07, 6.45) is 2.34. The second kappa shape index (κ2) is 6.49. The van der Waals surface area contributed by atoms with Crippen molar-refractivity contribution in [3.63, 3.8) is 0 Å². The van der Waals surface area contributed by atoms with E-state index in [-0.39, 0.29) is 12.1 Å². The number of benzene rings is 1. The van der Waals surface area contributed by atoms with E-state index < -0.39 is 5.69 Å². The average Bonchev–Trinajstić information content (AvgIpc) is 2.46. The zero-order valence-corrected chi connectivity index (χ0v) is 12.8. The van der Waals surface area contributed by atoms with Crippen molar-refractivity contribution >= 4 is 5.95 Å². The molecule has 1 atom stereocenters. The summed E-state index contributed by atoms with van der Waals surface area (Å²) in [6, 6.07) is 5.86. The lowest BCUT2D eigenvalue weighted by atomic mass is 10.1. The number of aryl methyl sites for hydroxylation is 2. The fraction of sp³-hybridized carbons (Fsp3) is 0.400. The Morgan fingerprint density at radius 2 is 2.00 bits per heavy atom. The summed E-state index contributed by atoms with van der Waals surface area (Å²) in [7, 11) is 0. The first-order valence-corrected chi connectivity index (χ1v) is 6.97. The van der Waals surface area contributed by atoms with E-state index in [9.17, 15) is 4.79 Å². The van der Waals surface area contributed by atoms with Gasteiger partial charge in [0.1, 0.15) is 6.33 Å². The molecule has 1 aromatic heterocycles. The highest BCUT2D eigenvalue weighted by Crippen LogP contribution is 2.16. The zero-order valence-electron chi connectivity index (χ0n) is 12.8. The summed E-state index contributed by atoms with van der Waals surface area (Å²) in [5.74, 6) is 0.169. The maximum Gasteiger partial charge on any atom is 0.356 e. The van der Waals surface area contributed by atoms with Gasteiger partial charge in [0.05, 0.1) is 11.8 Å². The van der Waals surface area contributed by atoms with Gasteiger partial charge in [-0.1, -0.05) is 25.1 Å². The van der Waals surface area contributed by atoms with Gasteiger partial charge in [-0.15, -0.1) is 0 Å². The summed E-state index contributed by atoms with van der Waals surface area (Å²) >= 11 is 0. The van der Waals surface area contributed by atoms with Gasteiger partial charge in [-0.3, -0.25) is 9.40 Å². The number of hydrogen-bond donors (Lipinski definition) is 1. The van der Waals surface area contributed by atoms with Gasteiger partial charge in [-0.25, -0.2) is 15.3 Å². The fourth-order valence-electron chi connectivity index (χ4n) is 1.96. The lowest BCUT2D eigenvalue weighted by Crippen LogP contribution is -2.25. The molecule has 0 saturated heterocycles. The molecular formula is C15H20N4O2. The van der Waals surface area contributed by atoms with E-state index in [1.165, 1.54) is 10.9 Å². The molecule has 0 aliphatic carbocycles. The van der Waals surface area contributed by atoms with Crippen molar-refractivity contribution in [3.8, 4) is 5.69 Å². The SMILES string of the molecule is CCC(C)ONc1ncn(-c2c(C)cccc2C)c(=O)n1. The van der Waals surface area contributed by atoms with Gasteiger partial charge in [0.15, 0.2) is 0 Å². The Kier molecular flexibility index (Phi) is 4.70. The molecule has 0 bridgehead atoms. The molecule has 1 heterocycles. The number of aromatic nitrogens is 3. The van der Waals surface area contributed by atoms with Crippen molar-refractivity contribution in [1.82, 2.24) is 14.5 Å². The van der Waals surface area contributed by atoms with Gasteiger partial charge in [0, 0.05) is 0 Å². The van der Waals surface area contributed by atoms with Gasteiger partial charge in [0.25, 0.3) is 5.95 Å². The third-order valence-corrected chi connectivity index (χ3v) is 3.31. The molecule has 1 unspecified atom stereocenters. The molecule has 0 spiro atoms. The highest BCUT2D eigenvalue weighted by atomic mass is 16.7. The van der Waals surface area contributed by atoms with Crippen LogP contribution >= 0.6 is 0 Å². The van der Waals surface area contributed by atoms with E-state index in [4.69, 9.17) is 4.84 Å². The number of nitrogens with zero attached hydrogens (tertiary/aromatic N) is 3. The zero-order chi connectivity index (χ0) is 15.4. The fourth-order valence-corrected chi connectivity index (χ4v) is 1.96. The van der Waals surface area contributed by atoms with Crippen molar-refractivity contribution in [1.29, 1.82) is 0 Å². The van der Waals surface area contributed by atoms with Crippen LogP contribution in [0.15, 0.2) is 29.3 Å². The number of rotatable bonds is 5. The molecule has 0 amide bonds. The molecule has 112 valence electrons. The molecule has 6 heteroatoms. The van der Waals surface area contributed by atoms with Gasteiger partial charge >= 0.3 is 5.69 Å². The molecule has 0 aliphatic heterocycles. The number of nitrogens with one attached hydrogen (secondary N) is 1. The second-order valence-corrected chi connectivity index (χ2v) is 5.01. The van der Waals surface area contributed by atoms with Crippen molar-refractivity contribution in [2.24, 2.45) is 0 Å². The van der Waals surface area contributed by atoms with E-state index in [1.807, 2.05) is 45.9 Å². The monoisotopic (exact) mass is 288 g/mol. The van der Waals surface area contributed by atoms with Crippen LogP contribution in [-0.4, -0.2) is 20.6 Å². The molecule has 6 nitrogen and oxygen atoms in total. The Labute approximate surface area is 123 Å². The first-order chi connectivity index (χ1) is 10.0. The Bertz CT molecular complexity index is 661. The number of hydrogen-bond acceptors (Lipinski definition) is 5. The van der Waals surface area contributed by atoms with Crippen LogP contribution in [0.1, 0.15) is 31.4 Å².